The molecule has 4 heteroatoms. The van der Waals surface area contributed by atoms with Gasteiger partial charge in [0.1, 0.15) is 5.75 Å². The van der Waals surface area contributed by atoms with Crippen LogP contribution in [-0.4, -0.2) is 44.9 Å². The molecule has 0 aliphatic heterocycles. The summed E-state index contributed by atoms with van der Waals surface area (Å²) in [6.45, 7) is 9.68. The fraction of sp³-hybridized carbons (Fsp3) is 0.647. The Labute approximate surface area is 129 Å². The zero-order chi connectivity index (χ0) is 15.5. The molecule has 0 amide bonds. The van der Waals surface area contributed by atoms with Gasteiger partial charge >= 0.3 is 0 Å². The van der Waals surface area contributed by atoms with Crippen molar-refractivity contribution in [2.75, 3.05) is 40.0 Å². The van der Waals surface area contributed by atoms with Crippen molar-refractivity contribution >= 4 is 0 Å². The average molecular weight is 294 g/mol. The van der Waals surface area contributed by atoms with Crippen molar-refractivity contribution in [1.82, 2.24) is 4.90 Å². The van der Waals surface area contributed by atoms with Crippen molar-refractivity contribution < 1.29 is 9.47 Å². The Hall–Kier alpha value is -1.10. The normalized spacial score (nSPS) is 11.3. The van der Waals surface area contributed by atoms with E-state index in [4.69, 9.17) is 15.2 Å². The van der Waals surface area contributed by atoms with Gasteiger partial charge in [0.15, 0.2) is 0 Å². The summed E-state index contributed by atoms with van der Waals surface area (Å²) in [4.78, 5) is 2.44. The lowest BCUT2D eigenvalue weighted by atomic mass is 10.2. The molecule has 0 heterocycles. The van der Waals surface area contributed by atoms with E-state index in [1.807, 2.05) is 24.3 Å². The maximum atomic E-state index is 5.79. The molecule has 1 rings (SSSR count). The molecule has 0 spiro atoms. The van der Waals surface area contributed by atoms with E-state index in [0.717, 1.165) is 50.6 Å². The number of nitrogens with two attached hydrogens (primary N) is 1. The van der Waals surface area contributed by atoms with Crippen molar-refractivity contribution in [1.29, 1.82) is 0 Å². The summed E-state index contributed by atoms with van der Waals surface area (Å²) < 4.78 is 11.0. The average Bonchev–Trinajstić information content (AvgIpc) is 2.48. The first-order valence-electron chi connectivity index (χ1n) is 7.78. The van der Waals surface area contributed by atoms with Crippen LogP contribution in [0.5, 0.6) is 5.75 Å². The highest BCUT2D eigenvalue weighted by atomic mass is 16.5. The molecule has 2 N–H and O–H groups in total. The minimum Gasteiger partial charge on any atom is -0.494 e. The van der Waals surface area contributed by atoms with Crippen LogP contribution in [0.3, 0.4) is 0 Å². The number of ether oxygens (including phenoxy) is 2. The molecule has 1 aromatic carbocycles. The van der Waals surface area contributed by atoms with E-state index in [0.29, 0.717) is 12.5 Å². The number of hydrogen-bond donors (Lipinski definition) is 1. The van der Waals surface area contributed by atoms with Crippen molar-refractivity contribution in [3.63, 3.8) is 0 Å². The largest absolute Gasteiger partial charge is 0.494 e. The number of nitrogens with zero attached hydrogens (tertiary/aromatic N) is 1. The van der Waals surface area contributed by atoms with Gasteiger partial charge in [-0.05, 0) is 30.0 Å². The molecule has 0 fully saturated rings. The van der Waals surface area contributed by atoms with Gasteiger partial charge in [0.2, 0.25) is 0 Å². The second-order valence-corrected chi connectivity index (χ2v) is 5.74. The summed E-state index contributed by atoms with van der Waals surface area (Å²) in [6.07, 6.45) is 1.02. The molecule has 0 atom stereocenters. The molecule has 0 radical (unpaired) electrons. The molecule has 4 nitrogen and oxygen atoms in total. The van der Waals surface area contributed by atoms with Gasteiger partial charge in [-0.3, -0.25) is 0 Å². The van der Waals surface area contributed by atoms with Gasteiger partial charge < -0.3 is 20.1 Å². The second-order valence-electron chi connectivity index (χ2n) is 5.74. The third-order valence-electron chi connectivity index (χ3n) is 3.26. The van der Waals surface area contributed by atoms with Crippen LogP contribution in [0, 0.1) is 5.92 Å². The predicted molar refractivity (Wildman–Crippen MR) is 87.6 cm³/mol. The quantitative estimate of drug-likeness (QED) is 0.637. The van der Waals surface area contributed by atoms with E-state index in [1.165, 1.54) is 0 Å². The summed E-state index contributed by atoms with van der Waals surface area (Å²) in [5.74, 6) is 1.58. The van der Waals surface area contributed by atoms with Crippen LogP contribution < -0.4 is 10.5 Å². The summed E-state index contributed by atoms with van der Waals surface area (Å²) in [7, 11) is 1.75. The zero-order valence-corrected chi connectivity index (χ0v) is 13.7. The van der Waals surface area contributed by atoms with Crippen LogP contribution in [-0.2, 0) is 11.3 Å². The lowest BCUT2D eigenvalue weighted by molar-refractivity contribution is 0.135. The first-order valence-corrected chi connectivity index (χ1v) is 7.78. The van der Waals surface area contributed by atoms with E-state index in [-0.39, 0.29) is 0 Å². The van der Waals surface area contributed by atoms with Crippen molar-refractivity contribution in [3.8, 4) is 5.75 Å². The molecular weight excluding hydrogens is 264 g/mol. The van der Waals surface area contributed by atoms with Gasteiger partial charge in [-0.25, -0.2) is 0 Å². The van der Waals surface area contributed by atoms with Crippen LogP contribution in [0.15, 0.2) is 24.3 Å². The van der Waals surface area contributed by atoms with Gasteiger partial charge in [0.25, 0.3) is 0 Å². The first-order chi connectivity index (χ1) is 10.2. The molecule has 0 aliphatic carbocycles. The molecular formula is C17H30N2O2. The molecule has 0 unspecified atom stereocenters. The number of methoxy groups -OCH3 is 1. The van der Waals surface area contributed by atoms with Crippen molar-refractivity contribution in [2.24, 2.45) is 11.7 Å². The minimum absolute atomic E-state index is 0.552. The van der Waals surface area contributed by atoms with Gasteiger partial charge in [-0.2, -0.15) is 0 Å². The molecule has 0 saturated heterocycles. The molecule has 0 aromatic heterocycles. The third kappa shape index (κ3) is 8.05. The van der Waals surface area contributed by atoms with Gasteiger partial charge in [-0.15, -0.1) is 0 Å². The van der Waals surface area contributed by atoms with Crippen LogP contribution in [0.2, 0.25) is 0 Å². The monoisotopic (exact) mass is 294 g/mol. The Kier molecular flexibility index (Phi) is 9.06. The molecule has 21 heavy (non-hydrogen) atoms. The number of rotatable bonds is 11. The van der Waals surface area contributed by atoms with Crippen LogP contribution in [0.4, 0.5) is 0 Å². The van der Waals surface area contributed by atoms with E-state index in [2.05, 4.69) is 18.7 Å². The standard InChI is InChI=1S/C17H30N2O2/c1-15(2)14-19(9-11-20-3)8-5-10-21-17-7-4-6-16(12-17)13-18/h4,6-7,12,15H,5,8-11,13-14,18H2,1-3H3. The number of benzene rings is 1. The molecule has 1 aromatic rings. The highest BCUT2D eigenvalue weighted by Gasteiger charge is 2.07. The summed E-state index contributed by atoms with van der Waals surface area (Å²) in [5, 5.41) is 0. The Bertz CT molecular complexity index is 383. The highest BCUT2D eigenvalue weighted by Crippen LogP contribution is 2.13. The minimum atomic E-state index is 0.552. The van der Waals surface area contributed by atoms with E-state index < -0.39 is 0 Å². The summed E-state index contributed by atoms with van der Waals surface area (Å²) in [5.41, 5.74) is 6.74. The second kappa shape index (κ2) is 10.6. The smallest absolute Gasteiger partial charge is 0.119 e. The molecule has 0 aliphatic rings. The lowest BCUT2D eigenvalue weighted by Crippen LogP contribution is -2.32. The van der Waals surface area contributed by atoms with Crippen molar-refractivity contribution in [2.45, 2.75) is 26.8 Å². The number of hydrogen-bond acceptors (Lipinski definition) is 4. The Morgan fingerprint density at radius 1 is 1.19 bits per heavy atom. The molecule has 0 saturated carbocycles. The van der Waals surface area contributed by atoms with E-state index in [1.54, 1.807) is 7.11 Å². The zero-order valence-electron chi connectivity index (χ0n) is 13.7. The third-order valence-corrected chi connectivity index (χ3v) is 3.26. The first kappa shape index (κ1) is 18.0. The molecule has 0 bridgehead atoms. The SMILES string of the molecule is COCCN(CCCOc1cccc(CN)c1)CC(C)C. The maximum Gasteiger partial charge on any atom is 0.119 e. The van der Waals surface area contributed by atoms with Crippen LogP contribution in [0.25, 0.3) is 0 Å². The van der Waals surface area contributed by atoms with Crippen LogP contribution >= 0.6 is 0 Å². The predicted octanol–water partition coefficient (Wildman–Crippen LogP) is 2.52. The fourth-order valence-corrected chi connectivity index (χ4v) is 2.27. The Morgan fingerprint density at radius 2 is 2.00 bits per heavy atom. The maximum absolute atomic E-state index is 5.79. The van der Waals surface area contributed by atoms with E-state index >= 15 is 0 Å². The summed E-state index contributed by atoms with van der Waals surface area (Å²) in [6, 6.07) is 8.00. The van der Waals surface area contributed by atoms with E-state index in [9.17, 15) is 0 Å². The topological polar surface area (TPSA) is 47.7 Å². The van der Waals surface area contributed by atoms with Gasteiger partial charge in [0, 0.05) is 33.3 Å². The highest BCUT2D eigenvalue weighted by molar-refractivity contribution is 5.28. The summed E-state index contributed by atoms with van der Waals surface area (Å²) >= 11 is 0. The van der Waals surface area contributed by atoms with Gasteiger partial charge in [0.05, 0.1) is 13.2 Å². The molecule has 120 valence electrons. The lowest BCUT2D eigenvalue weighted by Gasteiger charge is -2.23. The van der Waals surface area contributed by atoms with Gasteiger partial charge in [-0.1, -0.05) is 26.0 Å². The Morgan fingerprint density at radius 3 is 2.67 bits per heavy atom. The Balaban J connectivity index is 2.29. The fourth-order valence-electron chi connectivity index (χ4n) is 2.27. The van der Waals surface area contributed by atoms with Crippen LogP contribution in [0.1, 0.15) is 25.8 Å². The van der Waals surface area contributed by atoms with Crippen molar-refractivity contribution in [3.05, 3.63) is 29.8 Å².